The fourth-order valence-corrected chi connectivity index (χ4v) is 6.42. The molecule has 0 saturated carbocycles. The number of benzene rings is 2. The molecule has 262 valence electrons. The number of epoxide rings is 1. The molecule has 3 aromatic rings. The number of aromatic hydroxyl groups is 1. The van der Waals surface area contributed by atoms with Crippen LogP contribution in [0.4, 0.5) is 0 Å². The Labute approximate surface area is 290 Å². The Morgan fingerprint density at radius 1 is 0.918 bits per heavy atom. The highest BCUT2D eigenvalue weighted by molar-refractivity contribution is 5.91. The molecule has 1 aromatic heterocycles. The fourth-order valence-electron chi connectivity index (χ4n) is 6.42. The Hall–Kier alpha value is -3.98. The van der Waals surface area contributed by atoms with Crippen molar-refractivity contribution < 1.29 is 37.9 Å². The molecule has 0 aliphatic carbocycles. The maximum Gasteiger partial charge on any atom is 0.178 e. The Kier molecular flexibility index (Phi) is 10.3. The third kappa shape index (κ3) is 8.61. The van der Waals surface area contributed by atoms with Gasteiger partial charge in [-0.1, -0.05) is 23.8 Å². The summed E-state index contributed by atoms with van der Waals surface area (Å²) in [6.07, 6.45) is 14.5. The number of aryl methyl sites for hydroxylation is 1. The van der Waals surface area contributed by atoms with Crippen molar-refractivity contribution in [3.05, 3.63) is 89.4 Å². The number of allylic oxidation sites excluding steroid dienone is 3. The van der Waals surface area contributed by atoms with Gasteiger partial charge >= 0.3 is 0 Å². The number of phenols is 1. The monoisotopic (exact) mass is 670 g/mol. The average Bonchev–Trinajstić information content (AvgIpc) is 3.31. The van der Waals surface area contributed by atoms with E-state index in [4.69, 9.17) is 32.8 Å². The molecule has 8 heteroatoms. The molecule has 1 N–H and O–H groups in total. The van der Waals surface area contributed by atoms with E-state index in [2.05, 4.69) is 66.3 Å². The third-order valence-electron chi connectivity index (χ3n) is 9.72. The molecule has 4 heterocycles. The molecule has 3 atom stereocenters. The van der Waals surface area contributed by atoms with Crippen LogP contribution in [0.2, 0.25) is 0 Å². The second-order valence-corrected chi connectivity index (χ2v) is 14.5. The zero-order valence-electron chi connectivity index (χ0n) is 29.7. The van der Waals surface area contributed by atoms with Crippen LogP contribution in [0.3, 0.4) is 0 Å². The largest absolute Gasteiger partial charge is 0.507 e. The quantitative estimate of drug-likeness (QED) is 0.134. The van der Waals surface area contributed by atoms with E-state index in [9.17, 15) is 5.11 Å². The van der Waals surface area contributed by atoms with Crippen LogP contribution in [0.15, 0.2) is 82.7 Å². The number of fused-ring (bicyclic) bond motifs is 2. The molecular formula is C41H50O8. The number of furan rings is 1. The summed E-state index contributed by atoms with van der Waals surface area (Å²) in [5.74, 6) is 3.03. The van der Waals surface area contributed by atoms with Gasteiger partial charge in [0.05, 0.1) is 46.4 Å². The predicted octanol–water partition coefficient (Wildman–Crippen LogP) is 9.60. The number of ether oxygens (including phenoxy) is 6. The van der Waals surface area contributed by atoms with Gasteiger partial charge in [-0.25, -0.2) is 0 Å². The van der Waals surface area contributed by atoms with Gasteiger partial charge in [-0.05, 0) is 116 Å². The summed E-state index contributed by atoms with van der Waals surface area (Å²) in [6, 6.07) is 9.46. The van der Waals surface area contributed by atoms with Crippen molar-refractivity contribution in [2.45, 2.75) is 110 Å². The summed E-state index contributed by atoms with van der Waals surface area (Å²) >= 11 is 0. The number of hydrogen-bond donors (Lipinski definition) is 1. The van der Waals surface area contributed by atoms with E-state index in [1.54, 1.807) is 12.3 Å². The zero-order valence-corrected chi connectivity index (χ0v) is 29.7. The number of rotatable bonds is 14. The lowest BCUT2D eigenvalue weighted by atomic mass is 9.96. The van der Waals surface area contributed by atoms with Gasteiger partial charge in [0.1, 0.15) is 41.8 Å². The van der Waals surface area contributed by atoms with Crippen LogP contribution in [-0.2, 0) is 20.6 Å². The van der Waals surface area contributed by atoms with Crippen LogP contribution in [0.5, 0.6) is 23.0 Å². The van der Waals surface area contributed by atoms with Crippen LogP contribution >= 0.6 is 0 Å². The van der Waals surface area contributed by atoms with Gasteiger partial charge in [0.2, 0.25) is 0 Å². The molecule has 2 aromatic carbocycles. The molecule has 6 rings (SSSR count). The van der Waals surface area contributed by atoms with Crippen LogP contribution in [0.1, 0.15) is 84.8 Å². The Bertz CT molecular complexity index is 1760. The first kappa shape index (κ1) is 34.9. The van der Waals surface area contributed by atoms with E-state index >= 15 is 0 Å². The van der Waals surface area contributed by atoms with Crippen LogP contribution < -0.4 is 14.2 Å². The molecule has 0 radical (unpaired) electrons. The van der Waals surface area contributed by atoms with Crippen molar-refractivity contribution in [1.29, 1.82) is 0 Å². The number of phenolic OH excluding ortho intramolecular Hbond substituents is 1. The summed E-state index contributed by atoms with van der Waals surface area (Å²) in [6.45, 7) is 17.4. The van der Waals surface area contributed by atoms with Crippen molar-refractivity contribution >= 4 is 17.0 Å². The number of hydrogen-bond acceptors (Lipinski definition) is 8. The third-order valence-corrected chi connectivity index (χ3v) is 9.72. The highest BCUT2D eigenvalue weighted by Crippen LogP contribution is 2.41. The van der Waals surface area contributed by atoms with Gasteiger partial charge in [-0.2, -0.15) is 0 Å². The lowest BCUT2D eigenvalue weighted by molar-refractivity contribution is -0.0453. The molecule has 0 spiro atoms. The van der Waals surface area contributed by atoms with Gasteiger partial charge in [-0.15, -0.1) is 0 Å². The lowest BCUT2D eigenvalue weighted by Gasteiger charge is -2.23. The van der Waals surface area contributed by atoms with E-state index < -0.39 is 11.9 Å². The minimum Gasteiger partial charge on any atom is -0.507 e. The second-order valence-electron chi connectivity index (χ2n) is 14.5. The van der Waals surface area contributed by atoms with Crippen LogP contribution in [0, 0.1) is 0 Å². The molecule has 0 amide bonds. The van der Waals surface area contributed by atoms with Crippen molar-refractivity contribution in [1.82, 2.24) is 0 Å². The first-order valence-electron chi connectivity index (χ1n) is 17.4. The maximum absolute atomic E-state index is 11.0. The van der Waals surface area contributed by atoms with E-state index in [-0.39, 0.29) is 17.5 Å². The maximum atomic E-state index is 11.0. The van der Waals surface area contributed by atoms with E-state index in [0.717, 1.165) is 61.2 Å². The first-order chi connectivity index (χ1) is 23.4. The van der Waals surface area contributed by atoms with Crippen LogP contribution in [-0.4, -0.2) is 48.0 Å². The highest BCUT2D eigenvalue weighted by atomic mass is 16.7. The molecular weight excluding hydrogens is 620 g/mol. The molecule has 8 nitrogen and oxygen atoms in total. The van der Waals surface area contributed by atoms with Gasteiger partial charge in [0, 0.05) is 18.6 Å². The molecule has 2 fully saturated rings. The topological polar surface area (TPSA) is 92.1 Å². The molecule has 49 heavy (non-hydrogen) atoms. The molecule has 2 saturated heterocycles. The molecule has 3 unspecified atom stereocenters. The SMILES string of the molecule is C=C1CCc2ccc(OC/C=C(\C)CCC3OC(/C=C\c4c(O)cc5occc5c4OC/C=C(\C)CCC4OC4(C)C)OC3(C)C)cc2O1. The van der Waals surface area contributed by atoms with Crippen molar-refractivity contribution in [3.8, 4) is 23.0 Å². The zero-order chi connectivity index (χ0) is 34.8. The van der Waals surface area contributed by atoms with E-state index in [0.29, 0.717) is 36.2 Å². The minimum atomic E-state index is -0.571. The normalized spacial score (nSPS) is 23.1. The van der Waals surface area contributed by atoms with Gasteiger partial charge < -0.3 is 37.9 Å². The summed E-state index contributed by atoms with van der Waals surface area (Å²) in [4.78, 5) is 0. The van der Waals surface area contributed by atoms with Gasteiger partial charge in [0.25, 0.3) is 0 Å². The molecule has 3 aliphatic heterocycles. The second kappa shape index (κ2) is 14.5. The standard InChI is InChI=1S/C41H50O8/c1-26(18-21-43-30-13-12-29-11-10-28(3)46-34(29)24-30)8-15-36-40(4,5)49-38(47-36)17-14-31-33(42)25-35-32(20-23-44-35)39(31)45-22-19-27(2)9-16-37-41(6,7)48-37/h12-14,17-20,23-25,36-38,42H,3,8-11,15-16,21-22H2,1-2,4-7H3/b17-14-,26-18+,27-19+. The minimum absolute atomic E-state index is 0.00374. The fraction of sp³-hybridized carbons (Fsp3) is 0.463. The summed E-state index contributed by atoms with van der Waals surface area (Å²) in [7, 11) is 0. The Balaban J connectivity index is 1.03. The van der Waals surface area contributed by atoms with Gasteiger partial charge in [0.15, 0.2) is 6.29 Å². The average molecular weight is 671 g/mol. The van der Waals surface area contributed by atoms with Crippen LogP contribution in [0.25, 0.3) is 17.0 Å². The summed E-state index contributed by atoms with van der Waals surface area (Å²) in [5.41, 5.74) is 4.26. The van der Waals surface area contributed by atoms with E-state index in [1.165, 1.54) is 16.7 Å². The Morgan fingerprint density at radius 3 is 2.37 bits per heavy atom. The Morgan fingerprint density at radius 2 is 1.63 bits per heavy atom. The molecule has 3 aliphatic rings. The lowest BCUT2D eigenvalue weighted by Crippen LogP contribution is -2.32. The predicted molar refractivity (Wildman–Crippen MR) is 191 cm³/mol. The summed E-state index contributed by atoms with van der Waals surface area (Å²) in [5, 5.41) is 11.8. The van der Waals surface area contributed by atoms with Crippen molar-refractivity contribution in [2.75, 3.05) is 13.2 Å². The van der Waals surface area contributed by atoms with Crippen molar-refractivity contribution in [3.63, 3.8) is 0 Å². The smallest absolute Gasteiger partial charge is 0.178 e. The summed E-state index contributed by atoms with van der Waals surface area (Å²) < 4.78 is 42.0. The first-order valence-corrected chi connectivity index (χ1v) is 17.4. The van der Waals surface area contributed by atoms with E-state index in [1.807, 2.05) is 30.4 Å². The highest BCUT2D eigenvalue weighted by Gasteiger charge is 2.46. The van der Waals surface area contributed by atoms with Crippen molar-refractivity contribution in [2.24, 2.45) is 0 Å². The van der Waals surface area contributed by atoms with Gasteiger partial charge in [-0.3, -0.25) is 0 Å². The molecule has 0 bridgehead atoms.